The average Bonchev–Trinajstić information content (AvgIpc) is 2.72. The molecule has 0 spiro atoms. The molecule has 0 N–H and O–H groups in total. The second kappa shape index (κ2) is 9.95. The predicted octanol–water partition coefficient (Wildman–Crippen LogP) is 8.06. The van der Waals surface area contributed by atoms with E-state index in [-0.39, 0.29) is 10.8 Å². The Labute approximate surface area is 162 Å². The van der Waals surface area contributed by atoms with Crippen LogP contribution in [0.15, 0.2) is 60.7 Å². The first-order chi connectivity index (χ1) is 12.7. The van der Waals surface area contributed by atoms with Crippen molar-refractivity contribution in [2.75, 3.05) is 0 Å². The van der Waals surface area contributed by atoms with Crippen LogP contribution in [-0.4, -0.2) is 0 Å². The van der Waals surface area contributed by atoms with Crippen LogP contribution < -0.4 is 0 Å². The summed E-state index contributed by atoms with van der Waals surface area (Å²) in [6.07, 6.45) is 10.1. The van der Waals surface area contributed by atoms with Gasteiger partial charge in [-0.15, -0.1) is 0 Å². The van der Waals surface area contributed by atoms with Crippen molar-refractivity contribution in [3.05, 3.63) is 71.8 Å². The van der Waals surface area contributed by atoms with Crippen LogP contribution in [0.3, 0.4) is 0 Å². The summed E-state index contributed by atoms with van der Waals surface area (Å²) >= 11 is 0. The van der Waals surface area contributed by atoms with Crippen LogP contribution in [-0.2, 0) is 10.8 Å². The maximum Gasteiger partial charge on any atom is 0.00471 e. The van der Waals surface area contributed by atoms with Gasteiger partial charge < -0.3 is 0 Å². The molecule has 0 bridgehead atoms. The molecule has 0 aliphatic carbocycles. The van der Waals surface area contributed by atoms with Crippen molar-refractivity contribution in [1.82, 2.24) is 0 Å². The topological polar surface area (TPSA) is 0 Å². The molecule has 0 heteroatoms. The van der Waals surface area contributed by atoms with E-state index in [0.29, 0.717) is 0 Å². The SMILES string of the molecule is CCCCC(CC)(c1ccccc1)C(CC)(CCCC)c1ccccc1. The molecule has 0 saturated heterocycles. The lowest BCUT2D eigenvalue weighted by Crippen LogP contribution is -2.49. The van der Waals surface area contributed by atoms with Crippen LogP contribution >= 0.6 is 0 Å². The Morgan fingerprint density at radius 2 is 0.885 bits per heavy atom. The second-order valence-corrected chi connectivity index (χ2v) is 7.81. The van der Waals surface area contributed by atoms with Gasteiger partial charge in [0.1, 0.15) is 0 Å². The molecular formula is C26H38. The van der Waals surface area contributed by atoms with Crippen molar-refractivity contribution in [3.8, 4) is 0 Å². The van der Waals surface area contributed by atoms with E-state index in [9.17, 15) is 0 Å². The normalized spacial score (nSPS) is 16.0. The highest BCUT2D eigenvalue weighted by molar-refractivity contribution is 5.39. The highest BCUT2D eigenvalue weighted by atomic mass is 14.5. The minimum absolute atomic E-state index is 0.204. The van der Waals surface area contributed by atoms with E-state index < -0.39 is 0 Å². The third-order valence-corrected chi connectivity index (χ3v) is 6.69. The predicted molar refractivity (Wildman–Crippen MR) is 116 cm³/mol. The van der Waals surface area contributed by atoms with Gasteiger partial charge in [-0.2, -0.15) is 0 Å². The zero-order chi connectivity index (χ0) is 18.9. The lowest BCUT2D eigenvalue weighted by molar-refractivity contribution is 0.157. The van der Waals surface area contributed by atoms with Gasteiger partial charge in [0.15, 0.2) is 0 Å². The van der Waals surface area contributed by atoms with E-state index in [2.05, 4.69) is 88.4 Å². The Morgan fingerprint density at radius 3 is 1.15 bits per heavy atom. The van der Waals surface area contributed by atoms with Crippen molar-refractivity contribution in [2.24, 2.45) is 0 Å². The lowest BCUT2D eigenvalue weighted by Gasteiger charge is -2.52. The minimum Gasteiger partial charge on any atom is -0.0654 e. The first-order valence-electron chi connectivity index (χ1n) is 10.8. The van der Waals surface area contributed by atoms with Crippen molar-refractivity contribution in [3.63, 3.8) is 0 Å². The molecule has 0 aliphatic rings. The standard InChI is InChI=1S/C26H38/c1-5-9-21-25(7-3,23-17-13-11-14-18-23)26(8-4,22-10-6-2)24-19-15-12-16-20-24/h11-20H,5-10,21-22H2,1-4H3. The third kappa shape index (κ3) is 3.90. The van der Waals surface area contributed by atoms with Gasteiger partial charge in [-0.25, -0.2) is 0 Å². The van der Waals surface area contributed by atoms with E-state index in [1.165, 1.54) is 62.5 Å². The van der Waals surface area contributed by atoms with Gasteiger partial charge in [-0.1, -0.05) is 114 Å². The number of benzene rings is 2. The molecule has 0 aliphatic heterocycles. The maximum atomic E-state index is 2.42. The molecule has 0 fully saturated rings. The molecule has 2 aromatic carbocycles. The summed E-state index contributed by atoms with van der Waals surface area (Å²) in [5, 5.41) is 0. The first-order valence-corrected chi connectivity index (χ1v) is 10.8. The summed E-state index contributed by atoms with van der Waals surface area (Å²) in [6, 6.07) is 22.8. The Balaban J connectivity index is 2.71. The summed E-state index contributed by atoms with van der Waals surface area (Å²) in [5.41, 5.74) is 3.49. The van der Waals surface area contributed by atoms with Crippen molar-refractivity contribution in [2.45, 2.75) is 89.9 Å². The number of unbranched alkanes of at least 4 members (excludes halogenated alkanes) is 2. The van der Waals surface area contributed by atoms with E-state index in [0.717, 1.165) is 0 Å². The quantitative estimate of drug-likeness (QED) is 0.384. The summed E-state index contributed by atoms with van der Waals surface area (Å²) in [7, 11) is 0. The van der Waals surface area contributed by atoms with E-state index >= 15 is 0 Å². The third-order valence-electron chi connectivity index (χ3n) is 6.69. The largest absolute Gasteiger partial charge is 0.0654 e. The van der Waals surface area contributed by atoms with Gasteiger partial charge in [0, 0.05) is 10.8 Å². The molecule has 2 aromatic rings. The van der Waals surface area contributed by atoms with Crippen LogP contribution in [0, 0.1) is 0 Å². The van der Waals surface area contributed by atoms with Crippen LogP contribution in [0.25, 0.3) is 0 Å². The van der Waals surface area contributed by atoms with Gasteiger partial charge in [0.2, 0.25) is 0 Å². The van der Waals surface area contributed by atoms with Crippen LogP contribution in [0.1, 0.15) is 90.2 Å². The lowest BCUT2D eigenvalue weighted by atomic mass is 9.51. The molecule has 2 rings (SSSR count). The van der Waals surface area contributed by atoms with Gasteiger partial charge in [-0.05, 0) is 36.8 Å². The molecule has 0 saturated carbocycles. The molecule has 26 heavy (non-hydrogen) atoms. The monoisotopic (exact) mass is 350 g/mol. The van der Waals surface area contributed by atoms with Gasteiger partial charge in [0.25, 0.3) is 0 Å². The Bertz CT molecular complexity index is 558. The molecule has 0 nitrogen and oxygen atoms in total. The maximum absolute atomic E-state index is 2.42. The van der Waals surface area contributed by atoms with E-state index in [1.807, 2.05) is 0 Å². The summed E-state index contributed by atoms with van der Waals surface area (Å²) < 4.78 is 0. The summed E-state index contributed by atoms with van der Waals surface area (Å²) in [4.78, 5) is 0. The Kier molecular flexibility index (Phi) is 7.94. The van der Waals surface area contributed by atoms with Gasteiger partial charge in [0.05, 0.1) is 0 Å². The zero-order valence-electron chi connectivity index (χ0n) is 17.4. The van der Waals surface area contributed by atoms with Gasteiger partial charge >= 0.3 is 0 Å². The van der Waals surface area contributed by atoms with Crippen LogP contribution in [0.2, 0.25) is 0 Å². The van der Waals surface area contributed by atoms with Crippen LogP contribution in [0.4, 0.5) is 0 Å². The number of hydrogen-bond donors (Lipinski definition) is 0. The summed E-state index contributed by atoms with van der Waals surface area (Å²) in [5.74, 6) is 0. The fraction of sp³-hybridized carbons (Fsp3) is 0.538. The van der Waals surface area contributed by atoms with Crippen molar-refractivity contribution < 1.29 is 0 Å². The Morgan fingerprint density at radius 1 is 0.538 bits per heavy atom. The zero-order valence-corrected chi connectivity index (χ0v) is 17.4. The molecule has 2 unspecified atom stereocenters. The molecule has 0 heterocycles. The molecule has 0 amide bonds. The van der Waals surface area contributed by atoms with E-state index in [1.54, 1.807) is 0 Å². The smallest absolute Gasteiger partial charge is 0.00471 e. The number of rotatable bonds is 11. The highest BCUT2D eigenvalue weighted by Crippen LogP contribution is 2.54. The molecular weight excluding hydrogens is 312 g/mol. The van der Waals surface area contributed by atoms with E-state index in [4.69, 9.17) is 0 Å². The van der Waals surface area contributed by atoms with Crippen LogP contribution in [0.5, 0.6) is 0 Å². The molecule has 2 atom stereocenters. The summed E-state index contributed by atoms with van der Waals surface area (Å²) in [6.45, 7) is 9.49. The van der Waals surface area contributed by atoms with Gasteiger partial charge in [-0.3, -0.25) is 0 Å². The molecule has 142 valence electrons. The van der Waals surface area contributed by atoms with Crippen molar-refractivity contribution >= 4 is 0 Å². The minimum atomic E-state index is 0.204. The Hall–Kier alpha value is -1.56. The average molecular weight is 351 g/mol. The molecule has 0 aromatic heterocycles. The fourth-order valence-electron chi connectivity index (χ4n) is 5.23. The highest BCUT2D eigenvalue weighted by Gasteiger charge is 2.49. The van der Waals surface area contributed by atoms with Crippen molar-refractivity contribution in [1.29, 1.82) is 0 Å². The number of hydrogen-bond acceptors (Lipinski definition) is 0. The molecule has 0 radical (unpaired) electrons. The second-order valence-electron chi connectivity index (χ2n) is 7.81. The fourth-order valence-corrected chi connectivity index (χ4v) is 5.23. The first kappa shape index (κ1) is 20.7.